The van der Waals surface area contributed by atoms with Crippen LogP contribution in [0.1, 0.15) is 22.9 Å². The predicted octanol–water partition coefficient (Wildman–Crippen LogP) is 0.467. The molecule has 4 N–H and O–H groups in total. The minimum absolute atomic E-state index is 0.338. The molecule has 1 aromatic carbocycles. The summed E-state index contributed by atoms with van der Waals surface area (Å²) in [5.74, 6) is 0. The summed E-state index contributed by atoms with van der Waals surface area (Å²) in [6, 6.07) is 8.25. The average molecular weight is 301 g/mol. The van der Waals surface area contributed by atoms with Crippen LogP contribution in [0.4, 0.5) is 0 Å². The fourth-order valence-electron chi connectivity index (χ4n) is 2.48. The molecule has 2 aromatic rings. The van der Waals surface area contributed by atoms with Crippen molar-refractivity contribution in [2.45, 2.75) is 26.1 Å². The summed E-state index contributed by atoms with van der Waals surface area (Å²) in [6.07, 6.45) is -0.338. The van der Waals surface area contributed by atoms with Gasteiger partial charge in [0.05, 0.1) is 18.0 Å². The number of hydrogen-bond acceptors (Lipinski definition) is 5. The molecule has 1 aliphatic heterocycles. The predicted molar refractivity (Wildman–Crippen MR) is 85.3 cm³/mol. The molecule has 1 atom stereocenters. The van der Waals surface area contributed by atoms with Crippen LogP contribution in [0.2, 0.25) is 0 Å². The van der Waals surface area contributed by atoms with Crippen LogP contribution in [0.3, 0.4) is 0 Å². The minimum Gasteiger partial charge on any atom is -0.398 e. The van der Waals surface area contributed by atoms with Gasteiger partial charge in [-0.3, -0.25) is 4.99 Å². The van der Waals surface area contributed by atoms with Gasteiger partial charge < -0.3 is 16.2 Å². The Bertz CT molecular complexity index is 764. The molecule has 1 aromatic heterocycles. The number of nitrogens with zero attached hydrogens (tertiary/aromatic N) is 1. The third-order valence-electron chi connectivity index (χ3n) is 3.55. The van der Waals surface area contributed by atoms with Crippen molar-refractivity contribution < 1.29 is 5.11 Å². The van der Waals surface area contributed by atoms with Crippen molar-refractivity contribution >= 4 is 17.0 Å². The van der Waals surface area contributed by atoms with E-state index in [2.05, 4.69) is 33.9 Å². The maximum atomic E-state index is 9.27. The van der Waals surface area contributed by atoms with Gasteiger partial charge in [-0.1, -0.05) is 12.1 Å². The molecule has 2 heterocycles. The van der Waals surface area contributed by atoms with Crippen molar-refractivity contribution in [1.82, 2.24) is 5.32 Å². The Morgan fingerprint density at radius 2 is 2.29 bits per heavy atom. The molecule has 0 aliphatic carbocycles. The first kappa shape index (κ1) is 14.3. The lowest BCUT2D eigenvalue weighted by Gasteiger charge is -2.07. The van der Waals surface area contributed by atoms with Crippen molar-refractivity contribution in [3.8, 4) is 0 Å². The summed E-state index contributed by atoms with van der Waals surface area (Å²) in [5.41, 5.74) is 9.38. The monoisotopic (exact) mass is 301 g/mol. The molecule has 3 rings (SSSR count). The van der Waals surface area contributed by atoms with Crippen LogP contribution < -0.4 is 21.6 Å². The first-order valence-electron chi connectivity index (χ1n) is 7.04. The molecule has 0 radical (unpaired) electrons. The second-order valence-electron chi connectivity index (χ2n) is 5.32. The average Bonchev–Trinajstić information content (AvgIpc) is 2.88. The fourth-order valence-corrected chi connectivity index (χ4v) is 3.29. The first-order chi connectivity index (χ1) is 10.1. The van der Waals surface area contributed by atoms with Crippen LogP contribution in [-0.4, -0.2) is 17.8 Å². The van der Waals surface area contributed by atoms with E-state index in [0.29, 0.717) is 13.1 Å². The number of fused-ring (bicyclic) bond motifs is 2. The number of hydrogen-bond donors (Lipinski definition) is 3. The van der Waals surface area contributed by atoms with Gasteiger partial charge in [0, 0.05) is 34.4 Å². The molecule has 110 valence electrons. The zero-order valence-electron chi connectivity index (χ0n) is 12.0. The number of benzene rings is 1. The zero-order valence-corrected chi connectivity index (χ0v) is 12.8. The molecular weight excluding hydrogens is 282 g/mol. The van der Waals surface area contributed by atoms with Crippen LogP contribution >= 0.6 is 11.3 Å². The highest BCUT2D eigenvalue weighted by Crippen LogP contribution is 2.21. The standard InChI is InChI=1S/C16H19N3OS/c1-10(20)7-18-8-11-2-3-12-14(6-11)19-9-15-13(16(12)17)4-5-21-15/h2-6,10,18,20H,7-9,17H2,1H3. The topological polar surface area (TPSA) is 70.6 Å². The normalized spacial score (nSPS) is 14.9. The zero-order chi connectivity index (χ0) is 14.8. The molecule has 0 saturated carbocycles. The number of nitrogens with one attached hydrogen (secondary N) is 1. The van der Waals surface area contributed by atoms with E-state index in [1.807, 2.05) is 6.07 Å². The Labute approximate surface area is 127 Å². The van der Waals surface area contributed by atoms with Crippen molar-refractivity contribution in [3.63, 3.8) is 0 Å². The molecule has 4 nitrogen and oxygen atoms in total. The Kier molecular flexibility index (Phi) is 4.05. The first-order valence-corrected chi connectivity index (χ1v) is 7.92. The molecule has 0 amide bonds. The maximum Gasteiger partial charge on any atom is 0.0746 e. The van der Waals surface area contributed by atoms with E-state index < -0.39 is 0 Å². The van der Waals surface area contributed by atoms with Gasteiger partial charge in [0.15, 0.2) is 0 Å². The maximum absolute atomic E-state index is 9.27. The van der Waals surface area contributed by atoms with E-state index in [9.17, 15) is 5.11 Å². The number of thiophene rings is 1. The second-order valence-corrected chi connectivity index (χ2v) is 6.32. The van der Waals surface area contributed by atoms with Crippen molar-refractivity contribution in [3.05, 3.63) is 56.2 Å². The molecule has 5 heteroatoms. The largest absolute Gasteiger partial charge is 0.398 e. The summed E-state index contributed by atoms with van der Waals surface area (Å²) in [7, 11) is 0. The summed E-state index contributed by atoms with van der Waals surface area (Å²) in [6.45, 7) is 3.76. The van der Waals surface area contributed by atoms with Gasteiger partial charge in [-0.05, 0) is 30.0 Å². The van der Waals surface area contributed by atoms with E-state index in [-0.39, 0.29) is 6.10 Å². The highest BCUT2D eigenvalue weighted by atomic mass is 32.1. The van der Waals surface area contributed by atoms with Gasteiger partial charge in [-0.15, -0.1) is 11.3 Å². The van der Waals surface area contributed by atoms with Gasteiger partial charge in [0.25, 0.3) is 0 Å². The molecule has 0 bridgehead atoms. The number of aliphatic hydroxyl groups excluding tert-OH is 1. The summed E-state index contributed by atoms with van der Waals surface area (Å²) in [5, 5.41) is 16.5. The van der Waals surface area contributed by atoms with Crippen LogP contribution in [0.25, 0.3) is 5.70 Å². The SMILES string of the molecule is CC(O)CNCc1ccc2c(c1)=NCc1sccc1C=2N. The lowest BCUT2D eigenvalue weighted by Crippen LogP contribution is -2.31. The van der Waals surface area contributed by atoms with Crippen LogP contribution in [0.5, 0.6) is 0 Å². The second kappa shape index (κ2) is 5.97. The summed E-state index contributed by atoms with van der Waals surface area (Å²) >= 11 is 1.70. The van der Waals surface area contributed by atoms with E-state index >= 15 is 0 Å². The molecule has 21 heavy (non-hydrogen) atoms. The van der Waals surface area contributed by atoms with Gasteiger partial charge in [-0.2, -0.15) is 0 Å². The van der Waals surface area contributed by atoms with E-state index in [0.717, 1.165) is 33.9 Å². The van der Waals surface area contributed by atoms with E-state index in [1.54, 1.807) is 18.3 Å². The highest BCUT2D eigenvalue weighted by Gasteiger charge is 2.11. The summed E-state index contributed by atoms with van der Waals surface area (Å²) in [4.78, 5) is 5.91. The van der Waals surface area contributed by atoms with Gasteiger partial charge in [-0.25, -0.2) is 0 Å². The third-order valence-corrected chi connectivity index (χ3v) is 4.46. The van der Waals surface area contributed by atoms with Gasteiger partial charge >= 0.3 is 0 Å². The van der Waals surface area contributed by atoms with Crippen molar-refractivity contribution in [2.75, 3.05) is 6.54 Å². The number of nitrogens with two attached hydrogens (primary N) is 1. The van der Waals surface area contributed by atoms with Crippen LogP contribution in [-0.2, 0) is 13.1 Å². The lowest BCUT2D eigenvalue weighted by atomic mass is 10.1. The van der Waals surface area contributed by atoms with Gasteiger partial charge in [0.2, 0.25) is 0 Å². The Morgan fingerprint density at radius 1 is 1.43 bits per heavy atom. The Morgan fingerprint density at radius 3 is 3.10 bits per heavy atom. The molecule has 1 aliphatic rings. The molecule has 0 fully saturated rings. The Hall–Kier alpha value is -1.69. The van der Waals surface area contributed by atoms with E-state index in [4.69, 9.17) is 5.73 Å². The quantitative estimate of drug-likeness (QED) is 0.769. The van der Waals surface area contributed by atoms with Crippen LogP contribution in [0, 0.1) is 0 Å². The van der Waals surface area contributed by atoms with E-state index in [1.165, 1.54) is 4.88 Å². The summed E-state index contributed by atoms with van der Waals surface area (Å²) < 4.78 is 0. The molecule has 1 unspecified atom stereocenters. The minimum atomic E-state index is -0.338. The van der Waals surface area contributed by atoms with Gasteiger partial charge in [0.1, 0.15) is 0 Å². The molecular formula is C16H19N3OS. The lowest BCUT2D eigenvalue weighted by molar-refractivity contribution is 0.191. The van der Waals surface area contributed by atoms with Crippen molar-refractivity contribution in [2.24, 2.45) is 10.7 Å². The number of rotatable bonds is 4. The third kappa shape index (κ3) is 3.00. The fraction of sp³-hybridized carbons (Fsp3) is 0.312. The Balaban J connectivity index is 1.94. The number of aliphatic hydroxyl groups is 1. The molecule has 0 spiro atoms. The smallest absolute Gasteiger partial charge is 0.0746 e. The highest BCUT2D eigenvalue weighted by molar-refractivity contribution is 7.10. The van der Waals surface area contributed by atoms with Crippen LogP contribution in [0.15, 0.2) is 34.6 Å². The molecule has 0 saturated heterocycles. The van der Waals surface area contributed by atoms with Crippen molar-refractivity contribution in [1.29, 1.82) is 0 Å².